The molecule has 1 aromatic heterocycles. The van der Waals surface area contributed by atoms with Gasteiger partial charge in [0.05, 0.1) is 12.7 Å². The number of diazo groups is 1. The Bertz CT molecular complexity index is 821. The molecule has 0 aliphatic carbocycles. The number of benzene rings is 2. The molecule has 0 aliphatic rings. The first kappa shape index (κ1) is 12.1. The van der Waals surface area contributed by atoms with Crippen LogP contribution < -0.4 is 4.74 Å². The number of rotatable bonds is 2. The lowest BCUT2D eigenvalue weighted by atomic mass is 9.99. The lowest BCUT2D eigenvalue weighted by Gasteiger charge is -2.08. The Balaban J connectivity index is 2.36. The third-order valence-corrected chi connectivity index (χ3v) is 3.25. The Morgan fingerprint density at radius 3 is 2.65 bits per heavy atom. The molecule has 0 N–H and O–H groups in total. The summed E-state index contributed by atoms with van der Waals surface area (Å²) in [6.45, 7) is 0. The van der Waals surface area contributed by atoms with Gasteiger partial charge in [0.25, 0.3) is 0 Å². The molecule has 96 valence electrons. The maximum atomic E-state index is 9.14. The molecule has 0 unspecified atom stereocenters. The van der Waals surface area contributed by atoms with Crippen LogP contribution in [-0.2, 0) is 0 Å². The van der Waals surface area contributed by atoms with Gasteiger partial charge in [-0.05, 0) is 29.8 Å². The Morgan fingerprint density at radius 1 is 1.00 bits per heavy atom. The summed E-state index contributed by atoms with van der Waals surface area (Å²) in [6.07, 6.45) is 1.73. The first-order chi connectivity index (χ1) is 9.85. The number of fused-ring (bicyclic) bond motifs is 1. The van der Waals surface area contributed by atoms with Crippen molar-refractivity contribution >= 4 is 16.6 Å². The molecule has 0 radical (unpaired) electrons. The molecule has 0 amide bonds. The van der Waals surface area contributed by atoms with Gasteiger partial charge in [0.1, 0.15) is 11.3 Å². The molecule has 0 bridgehead atoms. The molecule has 3 rings (SSSR count). The maximum Gasteiger partial charge on any atom is 0.392 e. The number of methoxy groups -OCH3 is 1. The molecular formula is C16H12N3O+. The van der Waals surface area contributed by atoms with Crippen molar-refractivity contribution in [2.45, 2.75) is 0 Å². The lowest BCUT2D eigenvalue weighted by molar-refractivity contribution is 0.419. The first-order valence-corrected chi connectivity index (χ1v) is 6.21. The van der Waals surface area contributed by atoms with Crippen LogP contribution in [0.15, 0.2) is 54.7 Å². The van der Waals surface area contributed by atoms with Crippen LogP contribution in [0.4, 0.5) is 5.69 Å². The van der Waals surface area contributed by atoms with E-state index in [1.54, 1.807) is 19.4 Å². The smallest absolute Gasteiger partial charge is 0.392 e. The third kappa shape index (κ3) is 1.86. The van der Waals surface area contributed by atoms with E-state index in [1.165, 1.54) is 0 Å². The van der Waals surface area contributed by atoms with Crippen molar-refractivity contribution in [2.75, 3.05) is 7.11 Å². The van der Waals surface area contributed by atoms with E-state index in [0.29, 0.717) is 5.69 Å². The molecule has 2 aromatic carbocycles. The SMILES string of the molecule is COc1ccc(-c2ccccc2[N+]#N)c2cccnc12. The molecule has 0 aliphatic heterocycles. The second kappa shape index (κ2) is 4.98. The van der Waals surface area contributed by atoms with Crippen LogP contribution in [-0.4, -0.2) is 12.1 Å². The molecule has 3 aromatic rings. The molecule has 0 atom stereocenters. The fourth-order valence-corrected chi connectivity index (χ4v) is 2.33. The predicted octanol–water partition coefficient (Wildman–Crippen LogP) is 4.39. The average Bonchev–Trinajstić information content (AvgIpc) is 2.53. The van der Waals surface area contributed by atoms with Gasteiger partial charge in [0, 0.05) is 17.6 Å². The summed E-state index contributed by atoms with van der Waals surface area (Å²) in [5.74, 6) is 0.725. The standard InChI is InChI=1S/C16H12N3O/c1-20-15-9-8-11(13-6-4-10-18-16(13)15)12-5-2-3-7-14(12)19-17/h2-10H,1H3/q+1. The number of hydrogen-bond acceptors (Lipinski definition) is 3. The van der Waals surface area contributed by atoms with E-state index in [9.17, 15) is 0 Å². The van der Waals surface area contributed by atoms with Crippen LogP contribution >= 0.6 is 0 Å². The topological polar surface area (TPSA) is 50.3 Å². The van der Waals surface area contributed by atoms with Crippen LogP contribution in [0.5, 0.6) is 5.75 Å². The van der Waals surface area contributed by atoms with E-state index in [2.05, 4.69) is 9.96 Å². The van der Waals surface area contributed by atoms with Crippen molar-refractivity contribution in [3.05, 3.63) is 59.7 Å². The molecule has 0 saturated carbocycles. The number of pyridine rings is 1. The molecular weight excluding hydrogens is 250 g/mol. The fraction of sp³-hybridized carbons (Fsp3) is 0.0625. The van der Waals surface area contributed by atoms with Gasteiger partial charge in [-0.3, -0.25) is 4.98 Å². The average molecular weight is 262 g/mol. The van der Waals surface area contributed by atoms with Crippen LogP contribution in [0.3, 0.4) is 0 Å². The minimum Gasteiger partial charge on any atom is -0.494 e. The summed E-state index contributed by atoms with van der Waals surface area (Å²) < 4.78 is 5.34. The van der Waals surface area contributed by atoms with Crippen LogP contribution in [0.2, 0.25) is 0 Å². The highest BCUT2D eigenvalue weighted by molar-refractivity contribution is 6.00. The molecule has 0 spiro atoms. The summed E-state index contributed by atoms with van der Waals surface area (Å²) in [4.78, 5) is 7.72. The van der Waals surface area contributed by atoms with Crippen molar-refractivity contribution in [3.63, 3.8) is 0 Å². The maximum absolute atomic E-state index is 9.14. The molecule has 0 fully saturated rings. The van der Waals surface area contributed by atoms with Crippen LogP contribution in [0.25, 0.3) is 27.0 Å². The number of ether oxygens (including phenoxy) is 1. The monoisotopic (exact) mass is 262 g/mol. The van der Waals surface area contributed by atoms with Gasteiger partial charge in [0.2, 0.25) is 5.39 Å². The number of hydrogen-bond donors (Lipinski definition) is 0. The molecule has 4 heteroatoms. The van der Waals surface area contributed by atoms with Crippen molar-refractivity contribution in [1.82, 2.24) is 4.98 Å². The summed E-state index contributed by atoms with van der Waals surface area (Å²) in [7, 11) is 1.63. The van der Waals surface area contributed by atoms with Crippen LogP contribution in [0.1, 0.15) is 0 Å². The molecule has 0 saturated heterocycles. The quantitative estimate of drug-likeness (QED) is 0.643. The first-order valence-electron chi connectivity index (χ1n) is 6.21. The zero-order valence-electron chi connectivity index (χ0n) is 10.9. The van der Waals surface area contributed by atoms with Crippen molar-refractivity contribution < 1.29 is 4.74 Å². The predicted molar refractivity (Wildman–Crippen MR) is 78.5 cm³/mol. The van der Waals surface area contributed by atoms with E-state index in [0.717, 1.165) is 27.8 Å². The van der Waals surface area contributed by atoms with Gasteiger partial charge in [-0.2, -0.15) is 0 Å². The van der Waals surface area contributed by atoms with Gasteiger partial charge in [-0.1, -0.05) is 18.2 Å². The van der Waals surface area contributed by atoms with E-state index in [4.69, 9.17) is 10.1 Å². The van der Waals surface area contributed by atoms with Crippen molar-refractivity contribution in [2.24, 2.45) is 0 Å². The largest absolute Gasteiger partial charge is 0.494 e. The van der Waals surface area contributed by atoms with E-state index >= 15 is 0 Å². The van der Waals surface area contributed by atoms with Crippen molar-refractivity contribution in [3.8, 4) is 16.9 Å². The van der Waals surface area contributed by atoms with Gasteiger partial charge in [0.15, 0.2) is 4.98 Å². The van der Waals surface area contributed by atoms with E-state index < -0.39 is 0 Å². The normalized spacial score (nSPS) is 10.2. The highest BCUT2D eigenvalue weighted by Crippen LogP contribution is 2.37. The second-order valence-electron chi connectivity index (χ2n) is 4.33. The lowest BCUT2D eigenvalue weighted by Crippen LogP contribution is -1.89. The Hall–Kier alpha value is -2.93. The third-order valence-electron chi connectivity index (χ3n) is 3.25. The number of nitrogens with zero attached hydrogens (tertiary/aromatic N) is 3. The molecule has 1 heterocycles. The summed E-state index contributed by atoms with van der Waals surface area (Å²) in [5, 5.41) is 10.1. The van der Waals surface area contributed by atoms with Gasteiger partial charge < -0.3 is 4.74 Å². The Kier molecular flexibility index (Phi) is 3.02. The van der Waals surface area contributed by atoms with Gasteiger partial charge >= 0.3 is 5.69 Å². The minimum absolute atomic E-state index is 0.530. The zero-order valence-corrected chi connectivity index (χ0v) is 10.9. The molecule has 4 nitrogen and oxygen atoms in total. The highest BCUT2D eigenvalue weighted by Gasteiger charge is 2.17. The van der Waals surface area contributed by atoms with E-state index in [1.807, 2.05) is 42.5 Å². The fourth-order valence-electron chi connectivity index (χ4n) is 2.33. The van der Waals surface area contributed by atoms with E-state index in [-0.39, 0.29) is 0 Å². The Labute approximate surface area is 116 Å². The van der Waals surface area contributed by atoms with Crippen molar-refractivity contribution in [1.29, 1.82) is 5.39 Å². The Morgan fingerprint density at radius 2 is 1.85 bits per heavy atom. The highest BCUT2D eigenvalue weighted by atomic mass is 16.5. The molecule has 20 heavy (non-hydrogen) atoms. The number of aromatic nitrogens is 1. The summed E-state index contributed by atoms with van der Waals surface area (Å²) in [6, 6.07) is 15.1. The van der Waals surface area contributed by atoms with Gasteiger partial charge in [-0.25, -0.2) is 0 Å². The summed E-state index contributed by atoms with van der Waals surface area (Å²) >= 11 is 0. The zero-order chi connectivity index (χ0) is 13.9. The van der Waals surface area contributed by atoms with Crippen LogP contribution in [0, 0.1) is 5.39 Å². The second-order valence-corrected chi connectivity index (χ2v) is 4.33. The van der Waals surface area contributed by atoms with Gasteiger partial charge in [-0.15, -0.1) is 0 Å². The minimum atomic E-state index is 0.530. The summed E-state index contributed by atoms with van der Waals surface area (Å²) in [5.41, 5.74) is 3.14.